The minimum Gasteiger partial charge on any atom is -0.478 e. The van der Waals surface area contributed by atoms with Crippen LogP contribution in [0.5, 0.6) is 0 Å². The van der Waals surface area contributed by atoms with Crippen molar-refractivity contribution in [3.63, 3.8) is 0 Å². The molecular formula is C21H17N3O7S. The molecule has 0 saturated carbocycles. The van der Waals surface area contributed by atoms with Gasteiger partial charge in [0.2, 0.25) is 5.91 Å². The van der Waals surface area contributed by atoms with Crippen LogP contribution in [0.15, 0.2) is 83.8 Å². The molecule has 32 heavy (non-hydrogen) atoms. The Morgan fingerprint density at radius 2 is 1.62 bits per heavy atom. The van der Waals surface area contributed by atoms with Crippen molar-refractivity contribution < 1.29 is 28.0 Å². The molecule has 0 atom stereocenters. The zero-order valence-corrected chi connectivity index (χ0v) is 17.2. The molecule has 10 nitrogen and oxygen atoms in total. The van der Waals surface area contributed by atoms with Crippen molar-refractivity contribution in [3.8, 4) is 0 Å². The number of carboxylic acid groups (broad SMARTS) is 1. The largest absolute Gasteiger partial charge is 0.478 e. The summed E-state index contributed by atoms with van der Waals surface area (Å²) >= 11 is 0. The maximum absolute atomic E-state index is 13.3. The summed E-state index contributed by atoms with van der Waals surface area (Å²) in [5.41, 5.74) is -0.633. The van der Waals surface area contributed by atoms with Crippen molar-refractivity contribution in [2.45, 2.75) is 4.90 Å². The van der Waals surface area contributed by atoms with Gasteiger partial charge in [-0.25, -0.2) is 13.2 Å². The summed E-state index contributed by atoms with van der Waals surface area (Å²) in [6.07, 6.45) is 0. The van der Waals surface area contributed by atoms with Gasteiger partial charge in [0.1, 0.15) is 6.54 Å². The quantitative estimate of drug-likeness (QED) is 0.392. The topological polar surface area (TPSA) is 147 Å². The fourth-order valence-electron chi connectivity index (χ4n) is 2.90. The van der Waals surface area contributed by atoms with E-state index in [1.165, 1.54) is 66.7 Å². The molecule has 1 amide bonds. The number of sulfonamides is 1. The first-order chi connectivity index (χ1) is 15.2. The number of carboxylic acids is 1. The van der Waals surface area contributed by atoms with Crippen LogP contribution in [0.25, 0.3) is 0 Å². The average Bonchev–Trinajstić information content (AvgIpc) is 2.78. The molecule has 0 aliphatic carbocycles. The number of hydrogen-bond donors (Lipinski definition) is 2. The molecule has 0 spiro atoms. The predicted octanol–water partition coefficient (Wildman–Crippen LogP) is 3.13. The van der Waals surface area contributed by atoms with Crippen LogP contribution >= 0.6 is 0 Å². The Kier molecular flexibility index (Phi) is 6.50. The number of nitro groups is 1. The Labute approximate surface area is 182 Å². The molecule has 0 fully saturated rings. The number of amides is 1. The van der Waals surface area contributed by atoms with Crippen LogP contribution in [0, 0.1) is 10.1 Å². The highest BCUT2D eigenvalue weighted by Gasteiger charge is 2.28. The van der Waals surface area contributed by atoms with E-state index in [4.69, 9.17) is 0 Å². The summed E-state index contributed by atoms with van der Waals surface area (Å²) in [6, 6.07) is 17.8. The summed E-state index contributed by atoms with van der Waals surface area (Å²) in [6.45, 7) is -0.744. The van der Waals surface area contributed by atoms with E-state index in [2.05, 4.69) is 5.32 Å². The van der Waals surface area contributed by atoms with Crippen LogP contribution in [0.1, 0.15) is 10.4 Å². The van der Waals surface area contributed by atoms with E-state index in [9.17, 15) is 33.2 Å². The number of nitrogens with one attached hydrogen (secondary N) is 1. The molecule has 0 aliphatic rings. The SMILES string of the molecule is O=C(CN(c1cccc([N+](=O)[O-])c1)S(=O)(=O)c1ccccc1)Nc1ccccc1C(=O)O. The molecule has 0 heterocycles. The van der Waals surface area contributed by atoms with Gasteiger partial charge < -0.3 is 10.4 Å². The van der Waals surface area contributed by atoms with Gasteiger partial charge in [0.15, 0.2) is 0 Å². The Balaban J connectivity index is 2.00. The second-order valence-electron chi connectivity index (χ2n) is 6.50. The first kappa shape index (κ1) is 22.4. The number of aromatic carboxylic acids is 1. The van der Waals surface area contributed by atoms with Crippen molar-refractivity contribution >= 4 is 39.0 Å². The smallest absolute Gasteiger partial charge is 0.337 e. The number of benzene rings is 3. The molecule has 3 aromatic rings. The molecule has 164 valence electrons. The first-order valence-corrected chi connectivity index (χ1v) is 10.6. The van der Waals surface area contributed by atoms with E-state index in [1.807, 2.05) is 0 Å². The number of non-ortho nitro benzene ring substituents is 1. The molecule has 0 radical (unpaired) electrons. The van der Waals surface area contributed by atoms with Crippen LogP contribution in [-0.2, 0) is 14.8 Å². The third-order valence-corrected chi connectivity index (χ3v) is 6.17. The Hall–Kier alpha value is -4.25. The zero-order chi connectivity index (χ0) is 23.3. The van der Waals surface area contributed by atoms with Crippen LogP contribution in [-0.4, -0.2) is 36.9 Å². The number of nitro benzene ring substituents is 1. The normalized spacial score (nSPS) is 10.9. The van der Waals surface area contributed by atoms with Crippen molar-refractivity contribution in [1.82, 2.24) is 0 Å². The lowest BCUT2D eigenvalue weighted by Gasteiger charge is -2.24. The third kappa shape index (κ3) is 4.90. The van der Waals surface area contributed by atoms with Gasteiger partial charge in [-0.2, -0.15) is 0 Å². The van der Waals surface area contributed by atoms with E-state index >= 15 is 0 Å². The minimum atomic E-state index is -4.28. The van der Waals surface area contributed by atoms with Crippen molar-refractivity contribution in [1.29, 1.82) is 0 Å². The average molecular weight is 455 g/mol. The van der Waals surface area contributed by atoms with E-state index in [-0.39, 0.29) is 27.5 Å². The number of rotatable bonds is 8. The van der Waals surface area contributed by atoms with Crippen LogP contribution in [0.3, 0.4) is 0 Å². The molecule has 0 aliphatic heterocycles. The van der Waals surface area contributed by atoms with E-state index < -0.39 is 33.4 Å². The second kappa shape index (κ2) is 9.27. The molecule has 2 N–H and O–H groups in total. The Bertz CT molecular complexity index is 1280. The second-order valence-corrected chi connectivity index (χ2v) is 8.36. The van der Waals surface area contributed by atoms with Crippen LogP contribution < -0.4 is 9.62 Å². The molecular weight excluding hydrogens is 438 g/mol. The maximum atomic E-state index is 13.3. The van der Waals surface area contributed by atoms with Crippen LogP contribution in [0.2, 0.25) is 0 Å². The minimum absolute atomic E-state index is 0.0129. The van der Waals surface area contributed by atoms with Crippen molar-refractivity contribution in [2.75, 3.05) is 16.2 Å². The van der Waals surface area contributed by atoms with Gasteiger partial charge in [-0.3, -0.25) is 19.2 Å². The van der Waals surface area contributed by atoms with Gasteiger partial charge in [-0.1, -0.05) is 36.4 Å². The van der Waals surface area contributed by atoms with Gasteiger partial charge in [-0.05, 0) is 30.3 Å². The van der Waals surface area contributed by atoms with Crippen molar-refractivity contribution in [2.24, 2.45) is 0 Å². The fraction of sp³-hybridized carbons (Fsp3) is 0.0476. The van der Waals surface area contributed by atoms with Gasteiger partial charge in [-0.15, -0.1) is 0 Å². The Morgan fingerprint density at radius 3 is 2.28 bits per heavy atom. The van der Waals surface area contributed by atoms with E-state index in [1.54, 1.807) is 6.07 Å². The maximum Gasteiger partial charge on any atom is 0.337 e. The fourth-order valence-corrected chi connectivity index (χ4v) is 4.33. The summed E-state index contributed by atoms with van der Waals surface area (Å²) in [5.74, 6) is -2.10. The third-order valence-electron chi connectivity index (χ3n) is 4.38. The van der Waals surface area contributed by atoms with Gasteiger partial charge in [0.05, 0.1) is 26.8 Å². The monoisotopic (exact) mass is 455 g/mol. The Morgan fingerprint density at radius 1 is 0.969 bits per heavy atom. The number of nitrogens with zero attached hydrogens (tertiary/aromatic N) is 2. The number of carbonyl (C=O) groups is 2. The van der Waals surface area contributed by atoms with E-state index in [0.717, 1.165) is 10.4 Å². The van der Waals surface area contributed by atoms with Gasteiger partial charge in [0, 0.05) is 12.1 Å². The predicted molar refractivity (Wildman–Crippen MR) is 116 cm³/mol. The lowest BCUT2D eigenvalue weighted by atomic mass is 10.2. The molecule has 0 bridgehead atoms. The number of carbonyl (C=O) groups excluding carboxylic acids is 1. The standard InChI is InChI=1S/C21H17N3O7S/c25-20(22-19-12-5-4-11-18(19)21(26)27)14-23(15-7-6-8-16(13-15)24(28)29)32(30,31)17-9-2-1-3-10-17/h1-13H,14H2,(H,22,25)(H,26,27). The van der Waals surface area contributed by atoms with Crippen molar-refractivity contribution in [3.05, 3.63) is 94.5 Å². The first-order valence-electron chi connectivity index (χ1n) is 9.14. The van der Waals surface area contributed by atoms with Gasteiger partial charge >= 0.3 is 5.97 Å². The summed E-state index contributed by atoms with van der Waals surface area (Å²) in [4.78, 5) is 34.5. The molecule has 0 unspecified atom stereocenters. The molecule has 0 saturated heterocycles. The zero-order valence-electron chi connectivity index (χ0n) is 16.4. The molecule has 3 rings (SSSR count). The van der Waals surface area contributed by atoms with Crippen LogP contribution in [0.4, 0.5) is 17.1 Å². The molecule has 3 aromatic carbocycles. The number of hydrogen-bond acceptors (Lipinski definition) is 6. The highest BCUT2D eigenvalue weighted by Crippen LogP contribution is 2.27. The highest BCUT2D eigenvalue weighted by molar-refractivity contribution is 7.92. The lowest BCUT2D eigenvalue weighted by molar-refractivity contribution is -0.384. The van der Waals surface area contributed by atoms with E-state index in [0.29, 0.717) is 0 Å². The lowest BCUT2D eigenvalue weighted by Crippen LogP contribution is -2.38. The molecule has 11 heteroatoms. The number of para-hydroxylation sites is 1. The summed E-state index contributed by atoms with van der Waals surface area (Å²) < 4.78 is 27.2. The summed E-state index contributed by atoms with van der Waals surface area (Å²) in [5, 5.41) is 22.8. The summed E-state index contributed by atoms with van der Waals surface area (Å²) in [7, 11) is -4.28. The van der Waals surface area contributed by atoms with Gasteiger partial charge in [0.25, 0.3) is 15.7 Å². The number of anilines is 2. The molecule has 0 aromatic heterocycles. The highest BCUT2D eigenvalue weighted by atomic mass is 32.2.